The van der Waals surface area contributed by atoms with Gasteiger partial charge in [-0.3, -0.25) is 4.79 Å². The molecule has 2 rings (SSSR count). The van der Waals surface area contributed by atoms with Crippen LogP contribution in [0.5, 0.6) is 0 Å². The molecule has 0 radical (unpaired) electrons. The van der Waals surface area contributed by atoms with Crippen LogP contribution in [0.1, 0.15) is 30.9 Å². The summed E-state index contributed by atoms with van der Waals surface area (Å²) in [7, 11) is -3.08. The molecule has 6 heteroatoms. The smallest absolute Gasteiger partial charge is 0.224 e. The number of aryl methyl sites for hydroxylation is 1. The van der Waals surface area contributed by atoms with Gasteiger partial charge in [-0.1, -0.05) is 31.2 Å². The van der Waals surface area contributed by atoms with Crippen LogP contribution in [-0.2, 0) is 27.7 Å². The van der Waals surface area contributed by atoms with E-state index < -0.39 is 10.0 Å². The van der Waals surface area contributed by atoms with Gasteiger partial charge in [-0.2, -0.15) is 0 Å². The number of benzene rings is 1. The maximum absolute atomic E-state index is 12.0. The Morgan fingerprint density at radius 3 is 2.26 bits per heavy atom. The molecular weight excluding hydrogens is 312 g/mol. The SMILES string of the molecule is CCc1ccc(CC(=O)NCC2CCN(S(C)(=O)=O)CC2)cc1. The fourth-order valence-electron chi connectivity index (χ4n) is 2.84. The Hall–Kier alpha value is -1.40. The van der Waals surface area contributed by atoms with E-state index in [0.29, 0.717) is 32.0 Å². The minimum absolute atomic E-state index is 0.0276. The topological polar surface area (TPSA) is 66.5 Å². The van der Waals surface area contributed by atoms with Crippen molar-refractivity contribution in [1.82, 2.24) is 9.62 Å². The molecule has 0 spiro atoms. The number of carbonyl (C=O) groups is 1. The third-order valence-electron chi connectivity index (χ3n) is 4.43. The highest BCUT2D eigenvalue weighted by molar-refractivity contribution is 7.88. The Morgan fingerprint density at radius 2 is 1.74 bits per heavy atom. The highest BCUT2D eigenvalue weighted by Crippen LogP contribution is 2.18. The van der Waals surface area contributed by atoms with Gasteiger partial charge in [0.1, 0.15) is 0 Å². The quantitative estimate of drug-likeness (QED) is 0.856. The van der Waals surface area contributed by atoms with Gasteiger partial charge in [-0.15, -0.1) is 0 Å². The molecule has 5 nitrogen and oxygen atoms in total. The molecule has 1 aliphatic heterocycles. The van der Waals surface area contributed by atoms with Crippen LogP contribution in [0, 0.1) is 5.92 Å². The van der Waals surface area contributed by atoms with Crippen LogP contribution in [0.2, 0.25) is 0 Å². The summed E-state index contributed by atoms with van der Waals surface area (Å²) in [4.78, 5) is 12.0. The van der Waals surface area contributed by atoms with E-state index in [1.165, 1.54) is 16.1 Å². The van der Waals surface area contributed by atoms with Gasteiger partial charge >= 0.3 is 0 Å². The number of hydrogen-bond acceptors (Lipinski definition) is 3. The molecule has 1 heterocycles. The molecule has 0 unspecified atom stereocenters. The number of amides is 1. The molecule has 1 aromatic rings. The van der Waals surface area contributed by atoms with Gasteiger partial charge in [0.25, 0.3) is 0 Å². The Morgan fingerprint density at radius 1 is 1.17 bits per heavy atom. The first-order valence-corrected chi connectivity index (χ1v) is 10.0. The zero-order valence-corrected chi connectivity index (χ0v) is 14.7. The summed E-state index contributed by atoms with van der Waals surface area (Å²) in [6.45, 7) is 3.84. The third kappa shape index (κ3) is 5.62. The summed E-state index contributed by atoms with van der Waals surface area (Å²) in [5, 5.41) is 2.98. The van der Waals surface area contributed by atoms with Crippen molar-refractivity contribution in [3.8, 4) is 0 Å². The Labute approximate surface area is 139 Å². The van der Waals surface area contributed by atoms with E-state index in [-0.39, 0.29) is 5.91 Å². The molecule has 23 heavy (non-hydrogen) atoms. The lowest BCUT2D eigenvalue weighted by Gasteiger charge is -2.30. The second kappa shape index (κ2) is 7.93. The van der Waals surface area contributed by atoms with Gasteiger partial charge in [0, 0.05) is 19.6 Å². The van der Waals surface area contributed by atoms with E-state index >= 15 is 0 Å². The molecule has 0 bridgehead atoms. The maximum Gasteiger partial charge on any atom is 0.224 e. The molecule has 1 saturated heterocycles. The first-order valence-electron chi connectivity index (χ1n) is 8.18. The molecule has 0 aliphatic carbocycles. The number of carbonyl (C=O) groups excluding carboxylic acids is 1. The van der Waals surface area contributed by atoms with Gasteiger partial charge < -0.3 is 5.32 Å². The number of nitrogens with one attached hydrogen (secondary N) is 1. The van der Waals surface area contributed by atoms with Crippen LogP contribution >= 0.6 is 0 Å². The minimum atomic E-state index is -3.08. The van der Waals surface area contributed by atoms with Crippen molar-refractivity contribution in [3.05, 3.63) is 35.4 Å². The minimum Gasteiger partial charge on any atom is -0.356 e. The zero-order valence-electron chi connectivity index (χ0n) is 13.9. The molecule has 0 atom stereocenters. The van der Waals surface area contributed by atoms with Crippen LogP contribution in [0.25, 0.3) is 0 Å². The molecule has 1 amide bonds. The predicted molar refractivity (Wildman–Crippen MR) is 91.7 cm³/mol. The van der Waals surface area contributed by atoms with Crippen LogP contribution in [0.4, 0.5) is 0 Å². The van der Waals surface area contributed by atoms with Crippen molar-refractivity contribution in [2.24, 2.45) is 5.92 Å². The predicted octanol–water partition coefficient (Wildman–Crippen LogP) is 1.58. The van der Waals surface area contributed by atoms with Gasteiger partial charge in [0.05, 0.1) is 12.7 Å². The van der Waals surface area contributed by atoms with E-state index in [2.05, 4.69) is 24.4 Å². The summed E-state index contributed by atoms with van der Waals surface area (Å²) < 4.78 is 24.4. The lowest BCUT2D eigenvalue weighted by Crippen LogP contribution is -2.41. The van der Waals surface area contributed by atoms with Gasteiger partial charge in [0.2, 0.25) is 15.9 Å². The molecule has 1 aliphatic rings. The maximum atomic E-state index is 12.0. The fourth-order valence-corrected chi connectivity index (χ4v) is 3.72. The van der Waals surface area contributed by atoms with Gasteiger partial charge in [-0.25, -0.2) is 12.7 Å². The number of hydrogen-bond donors (Lipinski definition) is 1. The average Bonchev–Trinajstić information content (AvgIpc) is 2.53. The molecule has 1 fully saturated rings. The van der Waals surface area contributed by atoms with Crippen LogP contribution in [0.15, 0.2) is 24.3 Å². The Balaban J connectivity index is 1.72. The van der Waals surface area contributed by atoms with E-state index in [0.717, 1.165) is 24.8 Å². The van der Waals surface area contributed by atoms with Crippen molar-refractivity contribution in [2.45, 2.75) is 32.6 Å². The molecular formula is C17H26N2O3S. The number of nitrogens with zero attached hydrogens (tertiary/aromatic N) is 1. The molecule has 1 aromatic carbocycles. The molecule has 1 N–H and O–H groups in total. The summed E-state index contributed by atoms with van der Waals surface area (Å²) >= 11 is 0. The largest absolute Gasteiger partial charge is 0.356 e. The van der Waals surface area contributed by atoms with Gasteiger partial charge in [0.15, 0.2) is 0 Å². The summed E-state index contributed by atoms with van der Waals surface area (Å²) in [6.07, 6.45) is 4.25. The summed E-state index contributed by atoms with van der Waals surface area (Å²) in [5.74, 6) is 0.388. The second-order valence-corrected chi connectivity index (χ2v) is 8.24. The lowest BCUT2D eigenvalue weighted by atomic mass is 9.98. The van der Waals surface area contributed by atoms with Crippen LogP contribution in [-0.4, -0.2) is 44.5 Å². The van der Waals surface area contributed by atoms with Crippen molar-refractivity contribution in [2.75, 3.05) is 25.9 Å². The normalized spacial score (nSPS) is 17.1. The number of piperidine rings is 1. The molecule has 0 saturated carbocycles. The lowest BCUT2D eigenvalue weighted by molar-refractivity contribution is -0.120. The van der Waals surface area contributed by atoms with Gasteiger partial charge in [-0.05, 0) is 36.3 Å². The third-order valence-corrected chi connectivity index (χ3v) is 5.73. The first kappa shape index (κ1) is 17.9. The highest BCUT2D eigenvalue weighted by atomic mass is 32.2. The summed E-state index contributed by atoms with van der Waals surface area (Å²) in [5.41, 5.74) is 2.29. The zero-order chi connectivity index (χ0) is 16.9. The highest BCUT2D eigenvalue weighted by Gasteiger charge is 2.24. The second-order valence-electron chi connectivity index (χ2n) is 6.26. The molecule has 0 aromatic heterocycles. The first-order chi connectivity index (χ1) is 10.9. The summed E-state index contributed by atoms with van der Waals surface area (Å²) in [6, 6.07) is 8.12. The van der Waals surface area contributed by atoms with E-state index in [1.807, 2.05) is 12.1 Å². The average molecular weight is 338 g/mol. The Kier molecular flexibility index (Phi) is 6.18. The van der Waals surface area contributed by atoms with Crippen molar-refractivity contribution >= 4 is 15.9 Å². The Bertz CT molecular complexity index is 618. The molecule has 128 valence electrons. The number of rotatable bonds is 6. The van der Waals surface area contributed by atoms with Crippen LogP contribution in [0.3, 0.4) is 0 Å². The fraction of sp³-hybridized carbons (Fsp3) is 0.588. The van der Waals surface area contributed by atoms with Crippen molar-refractivity contribution in [1.29, 1.82) is 0 Å². The van der Waals surface area contributed by atoms with Crippen molar-refractivity contribution < 1.29 is 13.2 Å². The van der Waals surface area contributed by atoms with E-state index in [4.69, 9.17) is 0 Å². The monoisotopic (exact) mass is 338 g/mol. The standard InChI is InChI=1S/C17H26N2O3S/c1-3-14-4-6-15(7-5-14)12-17(20)18-13-16-8-10-19(11-9-16)23(2,21)22/h4-7,16H,3,8-13H2,1-2H3,(H,18,20). The van der Waals surface area contributed by atoms with Crippen molar-refractivity contribution in [3.63, 3.8) is 0 Å². The number of sulfonamides is 1. The van der Waals surface area contributed by atoms with E-state index in [1.54, 1.807) is 0 Å². The van der Waals surface area contributed by atoms with Crippen LogP contribution < -0.4 is 5.32 Å². The van der Waals surface area contributed by atoms with E-state index in [9.17, 15) is 13.2 Å².